The summed E-state index contributed by atoms with van der Waals surface area (Å²) in [7, 11) is 0. The Hall–Kier alpha value is -1.88. The van der Waals surface area contributed by atoms with Crippen LogP contribution < -0.4 is 5.32 Å². The molecule has 1 aromatic carbocycles. The largest absolute Gasteiger partial charge is 0.395 e. The maximum Gasteiger partial charge on any atom is 0.254 e. The lowest BCUT2D eigenvalue weighted by Gasteiger charge is -2.59. The topological polar surface area (TPSA) is 69.6 Å². The third-order valence-electron chi connectivity index (χ3n) is 9.21. The van der Waals surface area contributed by atoms with Crippen molar-refractivity contribution < 1.29 is 14.7 Å². The van der Waals surface area contributed by atoms with E-state index in [4.69, 9.17) is 0 Å². The molecule has 4 aliphatic carbocycles. The smallest absolute Gasteiger partial charge is 0.254 e. The maximum atomic E-state index is 13.2. The second-order valence-electron chi connectivity index (χ2n) is 10.5. The number of nitrogens with one attached hydrogen (secondary N) is 1. The Balaban J connectivity index is 1.21. The maximum absolute atomic E-state index is 13.2. The zero-order chi connectivity index (χ0) is 19.8. The fraction of sp³-hybridized carbons (Fsp3) is 0.667. The van der Waals surface area contributed by atoms with E-state index in [2.05, 4.69) is 5.32 Å². The van der Waals surface area contributed by atoms with Gasteiger partial charge in [0.25, 0.3) is 5.91 Å². The molecule has 4 fully saturated rings. The molecule has 154 valence electrons. The van der Waals surface area contributed by atoms with E-state index in [1.807, 2.05) is 18.2 Å². The van der Waals surface area contributed by atoms with E-state index in [1.165, 1.54) is 38.5 Å². The van der Waals surface area contributed by atoms with Crippen LogP contribution in [0.2, 0.25) is 0 Å². The molecular formula is C24H30N2O3. The second-order valence-corrected chi connectivity index (χ2v) is 10.5. The van der Waals surface area contributed by atoms with Gasteiger partial charge in [-0.2, -0.15) is 0 Å². The third-order valence-corrected chi connectivity index (χ3v) is 9.21. The first-order valence-corrected chi connectivity index (χ1v) is 11.4. The Morgan fingerprint density at radius 2 is 2.03 bits per heavy atom. The normalized spacial score (nSPS) is 38.6. The summed E-state index contributed by atoms with van der Waals surface area (Å²) in [6.07, 6.45) is 9.46. The molecule has 1 aliphatic heterocycles. The Kier molecular flexibility index (Phi) is 3.75. The molecule has 5 nitrogen and oxygen atoms in total. The number of aliphatic hydroxyl groups excluding tert-OH is 1. The lowest BCUT2D eigenvalue weighted by atomic mass is 9.45. The van der Waals surface area contributed by atoms with Crippen molar-refractivity contribution in [3.05, 3.63) is 29.3 Å². The van der Waals surface area contributed by atoms with Gasteiger partial charge in [-0.25, -0.2) is 0 Å². The molecule has 5 heteroatoms. The number of fused-ring (bicyclic) bond motifs is 3. The van der Waals surface area contributed by atoms with Crippen LogP contribution >= 0.6 is 0 Å². The van der Waals surface area contributed by atoms with Crippen LogP contribution in [0.25, 0.3) is 0 Å². The van der Waals surface area contributed by atoms with Gasteiger partial charge in [-0.15, -0.1) is 0 Å². The SMILES string of the molecule is O=C(CC12CC3CC4CC(C1)C2(C4)C3)Nc1cccc2c1CCN(CCO)C2=O. The van der Waals surface area contributed by atoms with Crippen molar-refractivity contribution in [3.63, 3.8) is 0 Å². The average molecular weight is 395 g/mol. The molecule has 0 radical (unpaired) electrons. The lowest BCUT2D eigenvalue weighted by Crippen LogP contribution is -2.53. The molecule has 6 rings (SSSR count). The molecule has 1 heterocycles. The minimum atomic E-state index is -0.0442. The van der Waals surface area contributed by atoms with E-state index in [-0.39, 0.29) is 23.8 Å². The molecule has 4 saturated carbocycles. The average Bonchev–Trinajstić information content (AvgIpc) is 3.00. The van der Waals surface area contributed by atoms with Crippen LogP contribution in [-0.2, 0) is 11.2 Å². The van der Waals surface area contributed by atoms with Gasteiger partial charge in [0.1, 0.15) is 0 Å². The molecule has 5 unspecified atom stereocenters. The molecule has 5 aliphatic rings. The van der Waals surface area contributed by atoms with Crippen molar-refractivity contribution in [2.45, 2.75) is 51.4 Å². The van der Waals surface area contributed by atoms with Crippen molar-refractivity contribution >= 4 is 17.5 Å². The fourth-order valence-electron chi connectivity index (χ4n) is 8.42. The molecule has 2 amide bonds. The number of hydrogen-bond donors (Lipinski definition) is 2. The first-order valence-electron chi connectivity index (χ1n) is 11.4. The first-order chi connectivity index (χ1) is 14.0. The van der Waals surface area contributed by atoms with Crippen molar-refractivity contribution in [1.29, 1.82) is 0 Å². The quantitative estimate of drug-likeness (QED) is 0.806. The Bertz CT molecular complexity index is 892. The number of carbonyl (C=O) groups is 2. The van der Waals surface area contributed by atoms with E-state index in [1.54, 1.807) is 4.90 Å². The minimum Gasteiger partial charge on any atom is -0.395 e. The van der Waals surface area contributed by atoms with Gasteiger partial charge in [-0.05, 0) is 91.2 Å². The monoisotopic (exact) mass is 394 g/mol. The van der Waals surface area contributed by atoms with Crippen LogP contribution in [-0.4, -0.2) is 41.5 Å². The van der Waals surface area contributed by atoms with Crippen LogP contribution in [0.15, 0.2) is 18.2 Å². The Labute approximate surface area is 171 Å². The number of benzene rings is 1. The van der Waals surface area contributed by atoms with Crippen molar-refractivity contribution in [2.24, 2.45) is 28.6 Å². The summed E-state index contributed by atoms with van der Waals surface area (Å²) < 4.78 is 0. The summed E-state index contributed by atoms with van der Waals surface area (Å²) in [5, 5.41) is 12.4. The summed E-state index contributed by atoms with van der Waals surface area (Å²) >= 11 is 0. The van der Waals surface area contributed by atoms with Crippen molar-refractivity contribution in [1.82, 2.24) is 4.90 Å². The summed E-state index contributed by atoms with van der Waals surface area (Å²) in [4.78, 5) is 27.5. The van der Waals surface area contributed by atoms with Crippen LogP contribution in [0, 0.1) is 28.6 Å². The summed E-state index contributed by atoms with van der Waals surface area (Å²) in [5.74, 6) is 2.76. The number of carbonyl (C=O) groups excluding carboxylic acids is 2. The van der Waals surface area contributed by atoms with Crippen LogP contribution in [0.1, 0.15) is 60.9 Å². The molecular weight excluding hydrogens is 364 g/mol. The predicted octanol–water partition coefficient (Wildman–Crippen LogP) is 3.22. The highest BCUT2D eigenvalue weighted by Gasteiger charge is 2.74. The van der Waals surface area contributed by atoms with E-state index >= 15 is 0 Å². The molecule has 29 heavy (non-hydrogen) atoms. The second kappa shape index (κ2) is 6.07. The van der Waals surface area contributed by atoms with Gasteiger partial charge in [0.05, 0.1) is 6.61 Å². The van der Waals surface area contributed by atoms with Gasteiger partial charge in [0.2, 0.25) is 5.91 Å². The number of β-amino-alcohol motifs (C(OH)–C–C–N with tert-alkyl or cyclic N) is 1. The molecule has 0 aromatic heterocycles. The lowest BCUT2D eigenvalue weighted by molar-refractivity contribution is -0.136. The van der Waals surface area contributed by atoms with Gasteiger partial charge in [0.15, 0.2) is 0 Å². The standard InChI is InChI=1S/C24H30N2O3/c27-7-6-26-5-4-18-19(22(26)29)2-1-3-20(18)25-21(28)14-23-10-16-8-15-9-17(13-23)24(23,11-15)12-16/h1-3,15-17,27H,4-14H2,(H,25,28). The Morgan fingerprint density at radius 3 is 2.90 bits per heavy atom. The molecule has 1 aromatic rings. The zero-order valence-electron chi connectivity index (χ0n) is 17.0. The van der Waals surface area contributed by atoms with Crippen LogP contribution in [0.5, 0.6) is 0 Å². The summed E-state index contributed by atoms with van der Waals surface area (Å²) in [5.41, 5.74) is 3.15. The number of nitrogens with zero attached hydrogens (tertiary/aromatic N) is 1. The highest BCUT2D eigenvalue weighted by atomic mass is 16.3. The van der Waals surface area contributed by atoms with Gasteiger partial charge in [-0.3, -0.25) is 9.59 Å². The van der Waals surface area contributed by atoms with Crippen molar-refractivity contribution in [3.8, 4) is 0 Å². The number of amides is 2. The summed E-state index contributed by atoms with van der Waals surface area (Å²) in [6.45, 7) is 0.935. The van der Waals surface area contributed by atoms with E-state index in [0.717, 1.165) is 35.4 Å². The predicted molar refractivity (Wildman–Crippen MR) is 109 cm³/mol. The van der Waals surface area contributed by atoms with Crippen molar-refractivity contribution in [2.75, 3.05) is 25.0 Å². The third kappa shape index (κ3) is 2.37. The summed E-state index contributed by atoms with van der Waals surface area (Å²) in [6, 6.07) is 5.63. The Morgan fingerprint density at radius 1 is 1.17 bits per heavy atom. The number of anilines is 1. The molecule has 1 spiro atoms. The zero-order valence-corrected chi connectivity index (χ0v) is 17.0. The molecule has 5 atom stereocenters. The first kappa shape index (κ1) is 17.9. The van der Waals surface area contributed by atoms with Crippen LogP contribution in [0.4, 0.5) is 5.69 Å². The number of aliphatic hydroxyl groups is 1. The molecule has 0 saturated heterocycles. The van der Waals surface area contributed by atoms with E-state index in [9.17, 15) is 14.7 Å². The molecule has 2 N–H and O–H groups in total. The molecule has 3 bridgehead atoms. The highest BCUT2D eigenvalue weighted by molar-refractivity contribution is 6.00. The van der Waals surface area contributed by atoms with E-state index in [0.29, 0.717) is 30.5 Å². The highest BCUT2D eigenvalue weighted by Crippen LogP contribution is 2.82. The fourth-order valence-corrected chi connectivity index (χ4v) is 8.42. The van der Waals surface area contributed by atoms with Gasteiger partial charge < -0.3 is 15.3 Å². The van der Waals surface area contributed by atoms with Gasteiger partial charge in [-0.1, -0.05) is 6.07 Å². The minimum absolute atomic E-state index is 0.0236. The van der Waals surface area contributed by atoms with E-state index < -0.39 is 0 Å². The van der Waals surface area contributed by atoms with Gasteiger partial charge >= 0.3 is 0 Å². The van der Waals surface area contributed by atoms with Crippen LogP contribution in [0.3, 0.4) is 0 Å². The van der Waals surface area contributed by atoms with Gasteiger partial charge in [0, 0.05) is 30.8 Å². The number of hydrogen-bond acceptors (Lipinski definition) is 3. The number of rotatable bonds is 5.